The Morgan fingerprint density at radius 1 is 0.931 bits per heavy atom. The lowest BCUT2D eigenvalue weighted by molar-refractivity contribution is -0.142. The zero-order chi connectivity index (χ0) is 21.2. The maximum atomic E-state index is 14.5. The lowest BCUT2D eigenvalue weighted by Crippen LogP contribution is -2.12. The molecule has 0 bridgehead atoms. The van der Waals surface area contributed by atoms with Crippen LogP contribution >= 0.6 is 11.3 Å². The molecular weight excluding hydrogens is 414 g/mol. The number of unbranched alkanes of at least 4 members (excludes halogenated alkanes) is 2. The molecule has 3 aromatic rings. The van der Waals surface area contributed by atoms with Gasteiger partial charge < -0.3 is 4.74 Å². The molecule has 0 unspecified atom stereocenters. The van der Waals surface area contributed by atoms with E-state index in [4.69, 9.17) is 4.74 Å². The summed E-state index contributed by atoms with van der Waals surface area (Å²) < 4.78 is 85.8. The monoisotopic (exact) mass is 432 g/mol. The van der Waals surface area contributed by atoms with Gasteiger partial charge >= 0.3 is 6.18 Å². The second-order valence-corrected chi connectivity index (χ2v) is 7.73. The Kier molecular flexibility index (Phi) is 6.41. The SMILES string of the molecule is CCCCCc1ccc2c(F)c(OCc3cc(F)c(C(F)(F)F)c(F)c3)sc2c1. The third-order valence-corrected chi connectivity index (χ3v) is 5.53. The average Bonchev–Trinajstić information content (AvgIpc) is 2.94. The molecule has 156 valence electrons. The Morgan fingerprint density at radius 2 is 1.62 bits per heavy atom. The average molecular weight is 432 g/mol. The van der Waals surface area contributed by atoms with Gasteiger partial charge in [0.1, 0.15) is 23.8 Å². The predicted octanol–water partition coefficient (Wildman–Crippen LogP) is 7.65. The summed E-state index contributed by atoms with van der Waals surface area (Å²) in [7, 11) is 0. The first kappa shape index (κ1) is 21.5. The van der Waals surface area contributed by atoms with E-state index in [1.165, 1.54) is 0 Å². The summed E-state index contributed by atoms with van der Waals surface area (Å²) in [6, 6.07) is 6.47. The Labute approximate surface area is 167 Å². The van der Waals surface area contributed by atoms with E-state index < -0.39 is 35.8 Å². The lowest BCUT2D eigenvalue weighted by Gasteiger charge is -2.11. The Bertz CT molecular complexity index is 985. The topological polar surface area (TPSA) is 9.23 Å². The molecule has 29 heavy (non-hydrogen) atoms. The van der Waals surface area contributed by atoms with Crippen LogP contribution in [-0.4, -0.2) is 0 Å². The van der Waals surface area contributed by atoms with Gasteiger partial charge in [-0.05, 0) is 42.2 Å². The van der Waals surface area contributed by atoms with Crippen molar-refractivity contribution in [3.8, 4) is 5.06 Å². The van der Waals surface area contributed by atoms with E-state index in [1.54, 1.807) is 6.07 Å². The van der Waals surface area contributed by atoms with Crippen LogP contribution < -0.4 is 4.74 Å². The molecular formula is C21H18F6OS. The van der Waals surface area contributed by atoms with Crippen LogP contribution in [0.15, 0.2) is 30.3 Å². The molecule has 0 atom stereocenters. The molecule has 0 spiro atoms. The number of benzene rings is 2. The van der Waals surface area contributed by atoms with Crippen molar-refractivity contribution >= 4 is 21.4 Å². The van der Waals surface area contributed by atoms with E-state index in [0.29, 0.717) is 22.2 Å². The molecule has 0 saturated heterocycles. The first-order valence-electron chi connectivity index (χ1n) is 9.09. The molecule has 0 saturated carbocycles. The smallest absolute Gasteiger partial charge is 0.422 e. The summed E-state index contributed by atoms with van der Waals surface area (Å²) in [4.78, 5) is 0. The standard InChI is InChI=1S/C21H18F6OS/c1-2-3-4-5-12-6-7-14-17(10-12)29-20(19(14)24)28-11-13-8-15(22)18(16(23)9-13)21(25,26)27/h6-10H,2-5,11H2,1H3. The molecule has 8 heteroatoms. The lowest BCUT2D eigenvalue weighted by atomic mass is 10.1. The molecule has 1 aromatic heterocycles. The van der Waals surface area contributed by atoms with Gasteiger partial charge in [0.25, 0.3) is 0 Å². The van der Waals surface area contributed by atoms with Crippen molar-refractivity contribution in [3.05, 3.63) is 64.5 Å². The molecule has 0 amide bonds. The number of halogens is 6. The Hall–Kier alpha value is -2.22. The van der Waals surface area contributed by atoms with Crippen LogP contribution in [0.5, 0.6) is 5.06 Å². The van der Waals surface area contributed by atoms with Crippen molar-refractivity contribution in [2.45, 2.75) is 45.4 Å². The highest BCUT2D eigenvalue weighted by atomic mass is 32.1. The van der Waals surface area contributed by atoms with Gasteiger partial charge in [-0.1, -0.05) is 43.2 Å². The van der Waals surface area contributed by atoms with Crippen molar-refractivity contribution < 1.29 is 31.1 Å². The van der Waals surface area contributed by atoms with Crippen LogP contribution in [0.25, 0.3) is 10.1 Å². The third kappa shape index (κ3) is 4.86. The van der Waals surface area contributed by atoms with Gasteiger partial charge in [0.15, 0.2) is 5.82 Å². The minimum atomic E-state index is -5.14. The summed E-state index contributed by atoms with van der Waals surface area (Å²) in [5.74, 6) is -4.06. The summed E-state index contributed by atoms with van der Waals surface area (Å²) in [5.41, 5.74) is -1.04. The number of rotatable bonds is 7. The van der Waals surface area contributed by atoms with E-state index in [-0.39, 0.29) is 10.6 Å². The third-order valence-electron chi connectivity index (χ3n) is 4.49. The Balaban J connectivity index is 1.77. The van der Waals surface area contributed by atoms with Crippen molar-refractivity contribution in [2.24, 2.45) is 0 Å². The van der Waals surface area contributed by atoms with Crippen LogP contribution in [-0.2, 0) is 19.2 Å². The number of fused-ring (bicyclic) bond motifs is 1. The molecule has 1 nitrogen and oxygen atoms in total. The van der Waals surface area contributed by atoms with Crippen LogP contribution in [0.2, 0.25) is 0 Å². The van der Waals surface area contributed by atoms with Crippen molar-refractivity contribution in [1.82, 2.24) is 0 Å². The maximum absolute atomic E-state index is 14.5. The van der Waals surface area contributed by atoms with Crippen molar-refractivity contribution in [2.75, 3.05) is 0 Å². The number of thiophene rings is 1. The molecule has 1 heterocycles. The fourth-order valence-electron chi connectivity index (χ4n) is 3.04. The number of hydrogen-bond donors (Lipinski definition) is 0. The van der Waals surface area contributed by atoms with E-state index in [0.717, 1.165) is 42.6 Å². The van der Waals surface area contributed by atoms with Crippen LogP contribution in [0.3, 0.4) is 0 Å². The first-order chi connectivity index (χ1) is 13.7. The molecule has 0 aliphatic heterocycles. The van der Waals surface area contributed by atoms with E-state index in [1.807, 2.05) is 12.1 Å². The molecule has 0 radical (unpaired) electrons. The van der Waals surface area contributed by atoms with Gasteiger partial charge in [0.2, 0.25) is 5.06 Å². The minimum absolute atomic E-state index is 0.0774. The van der Waals surface area contributed by atoms with E-state index >= 15 is 0 Å². The molecule has 0 aliphatic carbocycles. The number of ether oxygens (including phenoxy) is 1. The highest BCUT2D eigenvalue weighted by Gasteiger charge is 2.37. The van der Waals surface area contributed by atoms with Crippen molar-refractivity contribution in [3.63, 3.8) is 0 Å². The second-order valence-electron chi connectivity index (χ2n) is 6.71. The van der Waals surface area contributed by atoms with E-state index in [9.17, 15) is 26.3 Å². The van der Waals surface area contributed by atoms with E-state index in [2.05, 4.69) is 6.92 Å². The van der Waals surface area contributed by atoms with Gasteiger partial charge in [0.05, 0.1) is 0 Å². The van der Waals surface area contributed by atoms with Gasteiger partial charge in [0, 0.05) is 10.1 Å². The molecule has 2 aromatic carbocycles. The zero-order valence-electron chi connectivity index (χ0n) is 15.5. The minimum Gasteiger partial charge on any atom is -0.477 e. The fourth-order valence-corrected chi connectivity index (χ4v) is 4.04. The largest absolute Gasteiger partial charge is 0.477 e. The van der Waals surface area contributed by atoms with Gasteiger partial charge in [-0.25, -0.2) is 13.2 Å². The zero-order valence-corrected chi connectivity index (χ0v) is 16.3. The Morgan fingerprint density at radius 3 is 2.24 bits per heavy atom. The molecule has 0 N–H and O–H groups in total. The van der Waals surface area contributed by atoms with Gasteiger partial charge in [-0.15, -0.1) is 0 Å². The molecule has 3 rings (SSSR count). The fraction of sp³-hybridized carbons (Fsp3) is 0.333. The molecule has 0 aliphatic rings. The number of aryl methyl sites for hydroxylation is 1. The van der Waals surface area contributed by atoms with Gasteiger partial charge in [-0.3, -0.25) is 0 Å². The highest BCUT2D eigenvalue weighted by Crippen LogP contribution is 2.38. The van der Waals surface area contributed by atoms with Gasteiger partial charge in [-0.2, -0.15) is 13.2 Å². The quantitative estimate of drug-likeness (QED) is 0.275. The maximum Gasteiger partial charge on any atom is 0.422 e. The van der Waals surface area contributed by atoms with Crippen LogP contribution in [0, 0.1) is 17.5 Å². The van der Waals surface area contributed by atoms with Crippen LogP contribution in [0.4, 0.5) is 26.3 Å². The normalized spacial score (nSPS) is 12.0. The van der Waals surface area contributed by atoms with Crippen molar-refractivity contribution in [1.29, 1.82) is 0 Å². The summed E-state index contributed by atoms with van der Waals surface area (Å²) in [5, 5.41) is 0.292. The summed E-state index contributed by atoms with van der Waals surface area (Å²) in [6.07, 6.45) is -1.03. The highest BCUT2D eigenvalue weighted by molar-refractivity contribution is 7.20. The summed E-state index contributed by atoms with van der Waals surface area (Å²) >= 11 is 1.05. The second kappa shape index (κ2) is 8.65. The summed E-state index contributed by atoms with van der Waals surface area (Å²) in [6.45, 7) is 1.65. The predicted molar refractivity (Wildman–Crippen MR) is 101 cm³/mol. The molecule has 0 fully saturated rings. The number of alkyl halides is 3. The number of hydrogen-bond acceptors (Lipinski definition) is 2. The first-order valence-corrected chi connectivity index (χ1v) is 9.91. The van der Waals surface area contributed by atoms with Crippen LogP contribution in [0.1, 0.15) is 42.9 Å².